The SMILES string of the molecule is CN=C(NCc1nc(C(F)(F)F)cs1)N1CCc2ccccc21.I. The zero-order chi connectivity index (χ0) is 16.4. The summed E-state index contributed by atoms with van der Waals surface area (Å²) in [6.07, 6.45) is -3.48. The van der Waals surface area contributed by atoms with Crippen LogP contribution in [0.25, 0.3) is 0 Å². The van der Waals surface area contributed by atoms with Crippen LogP contribution in [0.4, 0.5) is 18.9 Å². The predicted molar refractivity (Wildman–Crippen MR) is 100 cm³/mol. The molecule has 2 heterocycles. The summed E-state index contributed by atoms with van der Waals surface area (Å²) in [4.78, 5) is 9.88. The van der Waals surface area contributed by atoms with E-state index in [9.17, 15) is 13.2 Å². The molecule has 2 aromatic rings. The van der Waals surface area contributed by atoms with Gasteiger partial charge in [-0.2, -0.15) is 13.2 Å². The minimum absolute atomic E-state index is 0. The second-order valence-corrected chi connectivity index (χ2v) is 6.00. The number of thiazole rings is 1. The van der Waals surface area contributed by atoms with Gasteiger partial charge in [-0.1, -0.05) is 18.2 Å². The molecule has 1 N–H and O–H groups in total. The van der Waals surface area contributed by atoms with Gasteiger partial charge in [0.1, 0.15) is 5.01 Å². The lowest BCUT2D eigenvalue weighted by Crippen LogP contribution is -2.40. The topological polar surface area (TPSA) is 40.5 Å². The molecular weight excluding hydrogens is 452 g/mol. The molecule has 24 heavy (non-hydrogen) atoms. The first kappa shape index (κ1) is 19.0. The minimum Gasteiger partial charge on any atom is -0.349 e. The number of anilines is 1. The fourth-order valence-corrected chi connectivity index (χ4v) is 3.27. The number of nitrogens with zero attached hydrogens (tertiary/aromatic N) is 3. The first-order chi connectivity index (χ1) is 11.0. The highest BCUT2D eigenvalue weighted by Gasteiger charge is 2.33. The van der Waals surface area contributed by atoms with Gasteiger partial charge in [0.25, 0.3) is 0 Å². The molecular formula is C15H16F3IN4S. The van der Waals surface area contributed by atoms with E-state index in [1.807, 2.05) is 23.1 Å². The van der Waals surface area contributed by atoms with Gasteiger partial charge in [0, 0.05) is 24.7 Å². The van der Waals surface area contributed by atoms with Gasteiger partial charge in [0.2, 0.25) is 0 Å². The van der Waals surface area contributed by atoms with Crippen LogP contribution in [-0.2, 0) is 19.1 Å². The van der Waals surface area contributed by atoms with Gasteiger partial charge < -0.3 is 10.2 Å². The minimum atomic E-state index is -4.40. The zero-order valence-corrected chi connectivity index (χ0v) is 15.9. The van der Waals surface area contributed by atoms with E-state index < -0.39 is 11.9 Å². The number of hydrogen-bond donors (Lipinski definition) is 1. The molecule has 1 aliphatic heterocycles. The molecule has 1 aromatic carbocycles. The largest absolute Gasteiger partial charge is 0.434 e. The van der Waals surface area contributed by atoms with Crippen LogP contribution < -0.4 is 10.2 Å². The number of rotatable bonds is 2. The Kier molecular flexibility index (Phi) is 6.07. The lowest BCUT2D eigenvalue weighted by atomic mass is 10.2. The van der Waals surface area contributed by atoms with E-state index in [1.165, 1.54) is 5.56 Å². The Labute approximate surface area is 158 Å². The van der Waals surface area contributed by atoms with Crippen molar-refractivity contribution in [3.8, 4) is 0 Å². The molecule has 0 aliphatic carbocycles. The summed E-state index contributed by atoms with van der Waals surface area (Å²) in [5.41, 5.74) is 1.47. The maximum Gasteiger partial charge on any atom is 0.434 e. The highest BCUT2D eigenvalue weighted by molar-refractivity contribution is 14.0. The van der Waals surface area contributed by atoms with Crippen molar-refractivity contribution in [3.63, 3.8) is 0 Å². The third-order valence-electron chi connectivity index (χ3n) is 3.59. The van der Waals surface area contributed by atoms with Crippen LogP contribution in [0.15, 0.2) is 34.6 Å². The molecule has 3 rings (SSSR count). The van der Waals surface area contributed by atoms with Crippen LogP contribution >= 0.6 is 35.3 Å². The molecule has 0 unspecified atom stereocenters. The van der Waals surface area contributed by atoms with Crippen molar-refractivity contribution in [1.29, 1.82) is 0 Å². The number of aromatic nitrogens is 1. The second-order valence-electron chi connectivity index (χ2n) is 5.06. The van der Waals surface area contributed by atoms with E-state index in [-0.39, 0.29) is 30.5 Å². The van der Waals surface area contributed by atoms with Gasteiger partial charge in [-0.05, 0) is 18.1 Å². The number of halogens is 4. The van der Waals surface area contributed by atoms with Crippen LogP contribution in [0, 0.1) is 0 Å². The number of benzene rings is 1. The van der Waals surface area contributed by atoms with Crippen molar-refractivity contribution in [2.45, 2.75) is 19.1 Å². The molecule has 4 nitrogen and oxygen atoms in total. The number of fused-ring (bicyclic) bond motifs is 1. The molecule has 0 saturated heterocycles. The molecule has 0 saturated carbocycles. The second kappa shape index (κ2) is 7.68. The lowest BCUT2D eigenvalue weighted by Gasteiger charge is -2.21. The maximum atomic E-state index is 12.6. The average Bonchev–Trinajstić information content (AvgIpc) is 3.15. The Morgan fingerprint density at radius 2 is 2.12 bits per heavy atom. The van der Waals surface area contributed by atoms with Crippen LogP contribution in [0.3, 0.4) is 0 Å². The molecule has 0 bridgehead atoms. The Morgan fingerprint density at radius 3 is 2.79 bits per heavy atom. The van der Waals surface area contributed by atoms with Gasteiger partial charge in [-0.25, -0.2) is 4.98 Å². The highest BCUT2D eigenvalue weighted by Crippen LogP contribution is 2.30. The number of hydrogen-bond acceptors (Lipinski definition) is 3. The van der Waals surface area contributed by atoms with E-state index in [0.717, 1.165) is 35.4 Å². The number of nitrogens with one attached hydrogen (secondary N) is 1. The molecule has 9 heteroatoms. The lowest BCUT2D eigenvalue weighted by molar-refractivity contribution is -0.140. The van der Waals surface area contributed by atoms with Crippen molar-refractivity contribution in [2.24, 2.45) is 4.99 Å². The third-order valence-corrected chi connectivity index (χ3v) is 4.44. The van der Waals surface area contributed by atoms with E-state index in [1.54, 1.807) is 7.05 Å². The molecule has 0 radical (unpaired) electrons. The molecule has 0 spiro atoms. The summed E-state index contributed by atoms with van der Waals surface area (Å²) in [7, 11) is 1.66. The fraction of sp³-hybridized carbons (Fsp3) is 0.333. The monoisotopic (exact) mass is 468 g/mol. The van der Waals surface area contributed by atoms with E-state index in [4.69, 9.17) is 0 Å². The maximum absolute atomic E-state index is 12.6. The van der Waals surface area contributed by atoms with Gasteiger partial charge in [-0.3, -0.25) is 4.99 Å². The Morgan fingerprint density at radius 1 is 1.38 bits per heavy atom. The molecule has 1 aromatic heterocycles. The van der Waals surface area contributed by atoms with Crippen molar-refractivity contribution in [2.75, 3.05) is 18.5 Å². The third kappa shape index (κ3) is 4.00. The average molecular weight is 468 g/mol. The van der Waals surface area contributed by atoms with Crippen molar-refractivity contribution < 1.29 is 13.2 Å². The van der Waals surface area contributed by atoms with E-state index in [0.29, 0.717) is 11.0 Å². The summed E-state index contributed by atoms with van der Waals surface area (Å²) >= 11 is 0.990. The van der Waals surface area contributed by atoms with Crippen LogP contribution in [0.2, 0.25) is 0 Å². The molecule has 0 fully saturated rings. The van der Waals surface area contributed by atoms with Gasteiger partial charge >= 0.3 is 6.18 Å². The fourth-order valence-electron chi connectivity index (χ4n) is 2.53. The van der Waals surface area contributed by atoms with E-state index in [2.05, 4.69) is 21.4 Å². The summed E-state index contributed by atoms with van der Waals surface area (Å²) in [6, 6.07) is 8.03. The Hall–Kier alpha value is -1.36. The zero-order valence-electron chi connectivity index (χ0n) is 12.8. The molecule has 0 amide bonds. The Bertz CT molecular complexity index is 730. The molecule has 1 aliphatic rings. The standard InChI is InChI=1S/C15H15F3N4S.HI/c1-19-14(22-7-6-10-4-2-3-5-11(10)22)20-8-13-21-12(9-23-13)15(16,17)18;/h2-5,9H,6-8H2,1H3,(H,19,20);1H. The predicted octanol–water partition coefficient (Wildman–Crippen LogP) is 3.92. The Balaban J connectivity index is 0.00000208. The van der Waals surface area contributed by atoms with Crippen molar-refractivity contribution in [3.05, 3.63) is 45.9 Å². The first-order valence-electron chi connectivity index (χ1n) is 7.06. The highest BCUT2D eigenvalue weighted by atomic mass is 127. The summed E-state index contributed by atoms with van der Waals surface area (Å²) in [5, 5.41) is 4.50. The smallest absolute Gasteiger partial charge is 0.349 e. The first-order valence-corrected chi connectivity index (χ1v) is 7.94. The molecule has 130 valence electrons. The normalized spacial score (nSPS) is 14.3. The number of alkyl halides is 3. The van der Waals surface area contributed by atoms with Gasteiger partial charge in [0.05, 0.1) is 6.54 Å². The summed E-state index contributed by atoms with van der Waals surface area (Å²) < 4.78 is 37.7. The van der Waals surface area contributed by atoms with Crippen molar-refractivity contribution in [1.82, 2.24) is 10.3 Å². The van der Waals surface area contributed by atoms with E-state index >= 15 is 0 Å². The summed E-state index contributed by atoms with van der Waals surface area (Å²) in [6.45, 7) is 1.01. The summed E-state index contributed by atoms with van der Waals surface area (Å²) in [5.74, 6) is 0.638. The molecule has 0 atom stereocenters. The van der Waals surface area contributed by atoms with Gasteiger partial charge in [0.15, 0.2) is 11.7 Å². The van der Waals surface area contributed by atoms with Crippen LogP contribution in [0.1, 0.15) is 16.3 Å². The van der Waals surface area contributed by atoms with Gasteiger partial charge in [-0.15, -0.1) is 35.3 Å². The van der Waals surface area contributed by atoms with Crippen LogP contribution in [0.5, 0.6) is 0 Å². The quantitative estimate of drug-likeness (QED) is 0.413. The van der Waals surface area contributed by atoms with Crippen LogP contribution in [-0.4, -0.2) is 24.5 Å². The number of para-hydroxylation sites is 1. The number of guanidine groups is 1. The number of aliphatic imine (C=N–C) groups is 1. The van der Waals surface area contributed by atoms with Crippen molar-refractivity contribution >= 4 is 47.0 Å².